The van der Waals surface area contributed by atoms with Crippen LogP contribution in [-0.4, -0.2) is 29.0 Å². The van der Waals surface area contributed by atoms with Crippen LogP contribution in [0.15, 0.2) is 24.3 Å². The zero-order chi connectivity index (χ0) is 13.9. The summed E-state index contributed by atoms with van der Waals surface area (Å²) in [5, 5.41) is 20.9. The minimum absolute atomic E-state index is 0.474. The molecule has 0 aliphatic heterocycles. The van der Waals surface area contributed by atoms with Gasteiger partial charge in [0, 0.05) is 6.42 Å². The van der Waals surface area contributed by atoms with Gasteiger partial charge in [-0.3, -0.25) is 0 Å². The lowest BCUT2D eigenvalue weighted by Crippen LogP contribution is -2.46. The Hall–Kier alpha value is -1.06. The Kier molecular flexibility index (Phi) is 4.48. The fourth-order valence-corrected chi connectivity index (χ4v) is 2.81. The normalized spacial score (nSPS) is 28.9. The Balaban J connectivity index is 2.01. The van der Waals surface area contributed by atoms with Gasteiger partial charge in [-0.15, -0.1) is 0 Å². The standard InChI is InChI=1S/C16H24O3/c1-12-6-8-16(18,9-7-12)15(17)11-13-4-3-5-14(10-13)19-2/h3-5,10,12,15,17-18H,6-9,11H2,1-2H3. The quantitative estimate of drug-likeness (QED) is 0.878. The molecule has 0 amide bonds. The SMILES string of the molecule is COc1cccc(CC(O)C2(O)CCC(C)CC2)c1. The third-order valence-corrected chi connectivity index (χ3v) is 4.32. The second-order valence-electron chi connectivity index (χ2n) is 5.86. The Morgan fingerprint density at radius 2 is 2.05 bits per heavy atom. The molecule has 106 valence electrons. The molecule has 3 nitrogen and oxygen atoms in total. The van der Waals surface area contributed by atoms with E-state index in [1.54, 1.807) is 7.11 Å². The molecule has 2 N–H and O–H groups in total. The van der Waals surface area contributed by atoms with E-state index < -0.39 is 11.7 Å². The van der Waals surface area contributed by atoms with Gasteiger partial charge in [0.25, 0.3) is 0 Å². The average Bonchev–Trinajstić information content (AvgIpc) is 2.42. The van der Waals surface area contributed by atoms with Crippen molar-refractivity contribution in [3.63, 3.8) is 0 Å². The summed E-state index contributed by atoms with van der Waals surface area (Å²) < 4.78 is 5.18. The average molecular weight is 264 g/mol. The molecule has 0 radical (unpaired) electrons. The first-order chi connectivity index (χ1) is 9.03. The van der Waals surface area contributed by atoms with Gasteiger partial charge in [-0.1, -0.05) is 19.1 Å². The second-order valence-corrected chi connectivity index (χ2v) is 5.86. The molecular weight excluding hydrogens is 240 g/mol. The maximum Gasteiger partial charge on any atom is 0.119 e. The van der Waals surface area contributed by atoms with E-state index >= 15 is 0 Å². The highest BCUT2D eigenvalue weighted by Crippen LogP contribution is 2.35. The lowest BCUT2D eigenvalue weighted by atomic mass is 9.75. The van der Waals surface area contributed by atoms with Crippen LogP contribution in [0, 0.1) is 5.92 Å². The van der Waals surface area contributed by atoms with E-state index in [2.05, 4.69) is 6.92 Å². The molecular formula is C16H24O3. The first-order valence-corrected chi connectivity index (χ1v) is 7.07. The predicted molar refractivity (Wildman–Crippen MR) is 75.3 cm³/mol. The molecule has 0 spiro atoms. The lowest BCUT2D eigenvalue weighted by Gasteiger charge is -2.38. The first-order valence-electron chi connectivity index (χ1n) is 7.07. The van der Waals surface area contributed by atoms with E-state index in [0.717, 1.165) is 24.2 Å². The van der Waals surface area contributed by atoms with Crippen molar-refractivity contribution < 1.29 is 14.9 Å². The van der Waals surface area contributed by atoms with Crippen LogP contribution in [0.5, 0.6) is 5.75 Å². The highest BCUT2D eigenvalue weighted by atomic mass is 16.5. The van der Waals surface area contributed by atoms with Gasteiger partial charge in [-0.2, -0.15) is 0 Å². The summed E-state index contributed by atoms with van der Waals surface area (Å²) in [7, 11) is 1.63. The van der Waals surface area contributed by atoms with E-state index in [0.29, 0.717) is 25.2 Å². The number of rotatable bonds is 4. The van der Waals surface area contributed by atoms with Crippen molar-refractivity contribution in [1.82, 2.24) is 0 Å². The number of benzene rings is 1. The number of methoxy groups -OCH3 is 1. The predicted octanol–water partition coefficient (Wildman–Crippen LogP) is 2.54. The van der Waals surface area contributed by atoms with Gasteiger partial charge in [0.2, 0.25) is 0 Å². The second kappa shape index (κ2) is 5.93. The third-order valence-electron chi connectivity index (χ3n) is 4.32. The van der Waals surface area contributed by atoms with Gasteiger partial charge < -0.3 is 14.9 Å². The Bertz CT molecular complexity index is 408. The van der Waals surface area contributed by atoms with Gasteiger partial charge >= 0.3 is 0 Å². The first kappa shape index (κ1) is 14.4. The third kappa shape index (κ3) is 3.48. The van der Waals surface area contributed by atoms with E-state index in [1.165, 1.54) is 0 Å². The summed E-state index contributed by atoms with van der Waals surface area (Å²) in [5.41, 5.74) is 0.0779. The van der Waals surface area contributed by atoms with E-state index in [1.807, 2.05) is 24.3 Å². The van der Waals surface area contributed by atoms with Crippen molar-refractivity contribution in [3.05, 3.63) is 29.8 Å². The Labute approximate surface area is 115 Å². The van der Waals surface area contributed by atoms with E-state index in [-0.39, 0.29) is 0 Å². The summed E-state index contributed by atoms with van der Waals surface area (Å²) >= 11 is 0. The molecule has 1 aromatic rings. The molecule has 0 saturated heterocycles. The van der Waals surface area contributed by atoms with Gasteiger partial charge in [0.05, 0.1) is 18.8 Å². The molecule has 3 heteroatoms. The van der Waals surface area contributed by atoms with Gasteiger partial charge in [-0.25, -0.2) is 0 Å². The van der Waals surface area contributed by atoms with Crippen LogP contribution in [-0.2, 0) is 6.42 Å². The molecule has 1 unspecified atom stereocenters. The molecule has 0 aromatic heterocycles. The van der Waals surface area contributed by atoms with Crippen molar-refractivity contribution in [1.29, 1.82) is 0 Å². The molecule has 1 atom stereocenters. The molecule has 1 aliphatic carbocycles. The van der Waals surface area contributed by atoms with E-state index in [9.17, 15) is 10.2 Å². The van der Waals surface area contributed by atoms with Crippen molar-refractivity contribution >= 4 is 0 Å². The fraction of sp³-hybridized carbons (Fsp3) is 0.625. The molecule has 1 aliphatic rings. The topological polar surface area (TPSA) is 49.7 Å². The number of ether oxygens (including phenoxy) is 1. The Morgan fingerprint density at radius 1 is 1.37 bits per heavy atom. The summed E-state index contributed by atoms with van der Waals surface area (Å²) in [6.45, 7) is 2.20. The number of aliphatic hydroxyl groups excluding tert-OH is 1. The van der Waals surface area contributed by atoms with Crippen molar-refractivity contribution in [2.45, 2.75) is 50.7 Å². The summed E-state index contributed by atoms with van der Waals surface area (Å²) in [4.78, 5) is 0. The molecule has 1 fully saturated rings. The van der Waals surface area contributed by atoms with Gasteiger partial charge in [0.15, 0.2) is 0 Å². The summed E-state index contributed by atoms with van der Waals surface area (Å²) in [6, 6.07) is 7.67. The molecule has 2 rings (SSSR count). The maximum absolute atomic E-state index is 10.6. The molecule has 1 saturated carbocycles. The smallest absolute Gasteiger partial charge is 0.119 e. The van der Waals surface area contributed by atoms with Crippen LogP contribution >= 0.6 is 0 Å². The minimum Gasteiger partial charge on any atom is -0.497 e. The largest absolute Gasteiger partial charge is 0.497 e. The van der Waals surface area contributed by atoms with Crippen molar-refractivity contribution in [2.24, 2.45) is 5.92 Å². The Morgan fingerprint density at radius 3 is 2.68 bits per heavy atom. The van der Waals surface area contributed by atoms with Crippen LogP contribution in [0.2, 0.25) is 0 Å². The maximum atomic E-state index is 10.6. The number of hydrogen-bond acceptors (Lipinski definition) is 3. The highest BCUT2D eigenvalue weighted by Gasteiger charge is 2.38. The van der Waals surface area contributed by atoms with Crippen LogP contribution in [0.3, 0.4) is 0 Å². The molecule has 19 heavy (non-hydrogen) atoms. The number of aliphatic hydroxyl groups is 2. The minimum atomic E-state index is -0.921. The monoisotopic (exact) mass is 264 g/mol. The van der Waals surface area contributed by atoms with Gasteiger partial charge in [0.1, 0.15) is 5.75 Å². The fourth-order valence-electron chi connectivity index (χ4n) is 2.81. The molecule has 0 bridgehead atoms. The van der Waals surface area contributed by atoms with Crippen LogP contribution in [0.1, 0.15) is 38.2 Å². The summed E-state index contributed by atoms with van der Waals surface area (Å²) in [6.07, 6.45) is 3.14. The van der Waals surface area contributed by atoms with Crippen LogP contribution < -0.4 is 4.74 Å². The zero-order valence-electron chi connectivity index (χ0n) is 11.8. The van der Waals surface area contributed by atoms with Gasteiger partial charge in [-0.05, 0) is 49.3 Å². The molecule has 0 heterocycles. The summed E-state index contributed by atoms with van der Waals surface area (Å²) in [5.74, 6) is 1.44. The van der Waals surface area contributed by atoms with Crippen LogP contribution in [0.4, 0.5) is 0 Å². The highest BCUT2D eigenvalue weighted by molar-refractivity contribution is 5.29. The number of hydrogen-bond donors (Lipinski definition) is 2. The van der Waals surface area contributed by atoms with E-state index in [4.69, 9.17) is 4.74 Å². The van der Waals surface area contributed by atoms with Crippen molar-refractivity contribution in [3.8, 4) is 5.75 Å². The zero-order valence-corrected chi connectivity index (χ0v) is 11.8. The lowest BCUT2D eigenvalue weighted by molar-refractivity contribution is -0.102. The van der Waals surface area contributed by atoms with Crippen LogP contribution in [0.25, 0.3) is 0 Å². The molecule has 1 aromatic carbocycles. The van der Waals surface area contributed by atoms with Crippen molar-refractivity contribution in [2.75, 3.05) is 7.11 Å².